The predicted octanol–water partition coefficient (Wildman–Crippen LogP) is 32.4. The quantitative estimate of drug-likeness (QED) is 0.121. The summed E-state index contributed by atoms with van der Waals surface area (Å²) >= 11 is 0. The van der Waals surface area contributed by atoms with E-state index >= 15 is 0 Å². The Morgan fingerprint density at radius 2 is 0.449 bits per heavy atom. The minimum atomic E-state index is 0.606. The van der Waals surface area contributed by atoms with Crippen LogP contribution in [0.25, 0.3) is 265 Å². The van der Waals surface area contributed by atoms with E-state index in [1.807, 2.05) is 12.1 Å². The molecule has 22 aromatic carbocycles. The topological polar surface area (TPSA) is 97.1 Å². The lowest BCUT2D eigenvalue weighted by molar-refractivity contribution is 1.07. The van der Waals surface area contributed by atoms with Crippen molar-refractivity contribution in [3.05, 3.63) is 473 Å². The van der Waals surface area contributed by atoms with Crippen LogP contribution in [0.1, 0.15) is 0 Å². The smallest absolute Gasteiger partial charge is 0.164 e. The zero-order valence-corrected chi connectivity index (χ0v) is 73.5. The lowest BCUT2D eigenvalue weighted by Crippen LogP contribution is -2.02. The Balaban J connectivity index is 0.000000138. The molecule has 6 aromatic heterocycles. The van der Waals surface area contributed by atoms with Gasteiger partial charge in [-0.25, -0.2) is 29.9 Å². The first kappa shape index (κ1) is 77.6. The van der Waals surface area contributed by atoms with Crippen LogP contribution >= 0.6 is 0 Å². The lowest BCUT2D eigenvalue weighted by atomic mass is 10.0. The Hall–Kier alpha value is -18.4. The van der Waals surface area contributed by atoms with E-state index in [1.165, 1.54) is 119 Å². The van der Waals surface area contributed by atoms with E-state index < -0.39 is 0 Å². The second-order valence-corrected chi connectivity index (χ2v) is 35.3. The fraction of sp³-hybridized carbons (Fsp3) is 0. The molecule has 0 atom stereocenters. The molecule has 10 nitrogen and oxygen atoms in total. The Morgan fingerprint density at radius 3 is 0.971 bits per heavy atom. The van der Waals surface area contributed by atoms with E-state index in [1.54, 1.807) is 0 Å². The largest absolute Gasteiger partial charge is 0.309 e. The van der Waals surface area contributed by atoms with Crippen LogP contribution in [-0.4, -0.2) is 48.2 Å². The molecule has 6 heterocycles. The van der Waals surface area contributed by atoms with Gasteiger partial charge in [0.2, 0.25) is 0 Å². The highest BCUT2D eigenvalue weighted by atomic mass is 15.1. The molecular formula is C126H78N10. The van der Waals surface area contributed by atoms with Gasteiger partial charge in [-0.1, -0.05) is 358 Å². The highest BCUT2D eigenvalue weighted by Crippen LogP contribution is 2.47. The van der Waals surface area contributed by atoms with Gasteiger partial charge in [-0.15, -0.1) is 0 Å². The van der Waals surface area contributed by atoms with Gasteiger partial charge in [-0.3, -0.25) is 0 Å². The Morgan fingerprint density at radius 1 is 0.132 bits per heavy atom. The molecular weight excluding hydrogens is 1650 g/mol. The zero-order chi connectivity index (χ0) is 89.4. The Bertz CT molecular complexity index is 9770. The maximum absolute atomic E-state index is 5.31. The van der Waals surface area contributed by atoms with Crippen LogP contribution in [0.15, 0.2) is 473 Å². The SMILES string of the molecule is c1ccc(-c2cccc(-c3nc(-c4cccc(-n5c6cc(-n7c8ccccc8c8cc9ccccc9cc87)ccc6c6cc7ccccc7cc65)c4)nc(-c4ccc5ccccc5c4)n3)c2)cc1.c1ccc(-c2cccc(-c3nc(-c4cccc(-n5c6ccccc6c6c(-n7c8ccccc8c8cc9ccccc9cc87)c7ccccc7cc65)c4)nc(-c4cccc5ccccc45)n3)c2)cc1. The van der Waals surface area contributed by atoms with E-state index in [0.717, 1.165) is 111 Å². The van der Waals surface area contributed by atoms with Gasteiger partial charge < -0.3 is 18.3 Å². The normalized spacial score (nSPS) is 11.8. The standard InChI is InChI=1S/2C63H39N5/c1-2-17-40(18-3-1)42-24-14-25-46(35-42)61-64-62(66-63(65-61)52-32-16-23-41-19-6-8-28-49(41)52)47-26-15-27-48(36-47)67-56-34-13-11-31-53(56)59-58(67)39-45-22-7-9-29-50(45)60(59)68-55-33-12-10-30-51(55)54-37-43-20-4-5-21-44(43)38-57(54)68;1-2-14-40(15-3-1)43-22-12-23-48(32-43)61-64-62(66-63(65-61)50-29-28-41-16-4-5-17-42(41)33-50)49-24-13-25-51(34-49)68-59-38-47-21-9-7-19-45(47)36-56(59)54-31-30-52(39-60(54)68)67-57-27-11-10-26-53(57)55-35-44-18-6-8-20-46(44)37-58(55)67/h2*1-39H. The summed E-state index contributed by atoms with van der Waals surface area (Å²) in [4.78, 5) is 31.6. The third kappa shape index (κ3) is 13.1. The van der Waals surface area contributed by atoms with Crippen LogP contribution in [0.3, 0.4) is 0 Å². The van der Waals surface area contributed by atoms with Crippen molar-refractivity contribution in [2.75, 3.05) is 0 Å². The molecule has 0 aliphatic heterocycles. The molecule has 136 heavy (non-hydrogen) atoms. The Labute approximate surface area is 781 Å². The van der Waals surface area contributed by atoms with Crippen LogP contribution in [0.5, 0.6) is 0 Å². The number of hydrogen-bond acceptors (Lipinski definition) is 6. The van der Waals surface area contributed by atoms with Crippen molar-refractivity contribution in [1.82, 2.24) is 48.2 Å². The molecule has 0 bridgehead atoms. The summed E-state index contributed by atoms with van der Waals surface area (Å²) in [5.41, 5.74) is 23.5. The molecule has 0 saturated carbocycles. The van der Waals surface area contributed by atoms with Crippen LogP contribution in [0.2, 0.25) is 0 Å². The number of rotatable bonds is 12. The van der Waals surface area contributed by atoms with Crippen molar-refractivity contribution in [3.8, 4) is 113 Å². The maximum atomic E-state index is 5.31. The summed E-state index contributed by atoms with van der Waals surface area (Å²) in [6.07, 6.45) is 0. The van der Waals surface area contributed by atoms with Gasteiger partial charge in [0.1, 0.15) is 0 Å². The molecule has 0 spiro atoms. The highest BCUT2D eigenvalue weighted by molar-refractivity contribution is 6.24. The molecule has 28 aromatic rings. The van der Waals surface area contributed by atoms with Crippen LogP contribution < -0.4 is 0 Å². The van der Waals surface area contributed by atoms with Crippen LogP contribution in [0, 0.1) is 0 Å². The number of para-hydroxylation sites is 3. The van der Waals surface area contributed by atoms with Gasteiger partial charge in [-0.05, 0) is 197 Å². The van der Waals surface area contributed by atoms with Gasteiger partial charge in [0.25, 0.3) is 0 Å². The summed E-state index contributed by atoms with van der Waals surface area (Å²) in [5, 5.41) is 23.9. The molecule has 0 amide bonds. The highest BCUT2D eigenvalue weighted by Gasteiger charge is 2.27. The predicted molar refractivity (Wildman–Crippen MR) is 566 cm³/mol. The third-order valence-electron chi connectivity index (χ3n) is 27.3. The number of benzene rings is 22. The fourth-order valence-electron chi connectivity index (χ4n) is 21.0. The van der Waals surface area contributed by atoms with Gasteiger partial charge in [0.15, 0.2) is 34.9 Å². The van der Waals surface area contributed by atoms with Crippen molar-refractivity contribution < 1.29 is 0 Å². The molecule has 0 aliphatic carbocycles. The van der Waals surface area contributed by atoms with E-state index in [0.29, 0.717) is 34.9 Å². The number of aromatic nitrogens is 10. The molecule has 0 saturated heterocycles. The van der Waals surface area contributed by atoms with Crippen molar-refractivity contribution in [2.24, 2.45) is 0 Å². The fourth-order valence-corrected chi connectivity index (χ4v) is 21.0. The van der Waals surface area contributed by atoms with Crippen LogP contribution in [0.4, 0.5) is 0 Å². The number of nitrogens with zero attached hydrogens (tertiary/aromatic N) is 10. The van der Waals surface area contributed by atoms with E-state index in [2.05, 4.69) is 479 Å². The number of hydrogen-bond donors (Lipinski definition) is 0. The Kier molecular flexibility index (Phi) is 18.1. The summed E-state index contributed by atoms with van der Waals surface area (Å²) in [7, 11) is 0. The lowest BCUT2D eigenvalue weighted by Gasteiger charge is -2.16. The molecule has 0 unspecified atom stereocenters. The second-order valence-electron chi connectivity index (χ2n) is 35.3. The summed E-state index contributed by atoms with van der Waals surface area (Å²) in [6.45, 7) is 0. The molecule has 28 rings (SSSR count). The average Bonchev–Trinajstić information content (AvgIpc) is 1.54. The van der Waals surface area contributed by atoms with Gasteiger partial charge in [0, 0.05) is 98.9 Å². The van der Waals surface area contributed by atoms with Gasteiger partial charge in [-0.2, -0.15) is 0 Å². The summed E-state index contributed by atoms with van der Waals surface area (Å²) in [5.74, 6) is 3.70. The van der Waals surface area contributed by atoms with Crippen molar-refractivity contribution in [2.45, 2.75) is 0 Å². The van der Waals surface area contributed by atoms with E-state index in [-0.39, 0.29) is 0 Å². The van der Waals surface area contributed by atoms with E-state index in [4.69, 9.17) is 29.9 Å². The molecule has 632 valence electrons. The van der Waals surface area contributed by atoms with Crippen molar-refractivity contribution >= 4 is 152 Å². The minimum Gasteiger partial charge on any atom is -0.309 e. The first-order valence-electron chi connectivity index (χ1n) is 46.2. The van der Waals surface area contributed by atoms with Crippen molar-refractivity contribution in [1.29, 1.82) is 0 Å². The molecule has 0 N–H and O–H groups in total. The average molecular weight is 1730 g/mol. The van der Waals surface area contributed by atoms with Gasteiger partial charge in [0.05, 0.1) is 49.8 Å². The molecule has 0 aliphatic rings. The maximum Gasteiger partial charge on any atom is 0.164 e. The summed E-state index contributed by atoms with van der Waals surface area (Å²) < 4.78 is 9.79. The third-order valence-corrected chi connectivity index (χ3v) is 27.3. The first-order chi connectivity index (χ1) is 67.4. The number of fused-ring (bicyclic) bond motifs is 18. The minimum absolute atomic E-state index is 0.606. The second kappa shape index (κ2) is 31.7. The first-order valence-corrected chi connectivity index (χ1v) is 46.2. The van der Waals surface area contributed by atoms with Crippen molar-refractivity contribution in [3.63, 3.8) is 0 Å². The molecule has 0 fully saturated rings. The summed E-state index contributed by atoms with van der Waals surface area (Å²) in [6, 6.07) is 170. The van der Waals surface area contributed by atoms with Crippen LogP contribution in [-0.2, 0) is 0 Å². The monoisotopic (exact) mass is 1730 g/mol. The zero-order valence-electron chi connectivity index (χ0n) is 73.5. The van der Waals surface area contributed by atoms with E-state index in [9.17, 15) is 0 Å². The van der Waals surface area contributed by atoms with Gasteiger partial charge >= 0.3 is 0 Å². The molecule has 0 radical (unpaired) electrons. The molecule has 10 heteroatoms.